The highest BCUT2D eigenvalue weighted by atomic mass is 32.2. The molecule has 8 heteroatoms. The van der Waals surface area contributed by atoms with Gasteiger partial charge >= 0.3 is 0 Å². The van der Waals surface area contributed by atoms with E-state index in [0.717, 1.165) is 6.42 Å². The van der Waals surface area contributed by atoms with Gasteiger partial charge in [0.05, 0.1) is 12.7 Å². The maximum Gasteiger partial charge on any atom is 0.246 e. The van der Waals surface area contributed by atoms with E-state index in [0.29, 0.717) is 26.2 Å². The number of hydrogen-bond donors (Lipinski definition) is 1. The molecule has 0 spiro atoms. The first-order valence-electron chi connectivity index (χ1n) is 6.34. The van der Waals surface area contributed by atoms with E-state index >= 15 is 0 Å². The third-order valence-electron chi connectivity index (χ3n) is 3.46. The smallest absolute Gasteiger partial charge is 0.246 e. The zero-order valence-corrected chi connectivity index (χ0v) is 12.2. The zero-order chi connectivity index (χ0) is 14.0. The molecule has 2 N–H and O–H groups in total. The molecule has 2 heterocycles. The molecule has 2 rings (SSSR count). The third kappa shape index (κ3) is 2.97. The fraction of sp³-hybridized carbons (Fsp3) is 0.727. The van der Waals surface area contributed by atoms with Gasteiger partial charge in [0.15, 0.2) is 0 Å². The van der Waals surface area contributed by atoms with Crippen LogP contribution in [0.1, 0.15) is 6.42 Å². The summed E-state index contributed by atoms with van der Waals surface area (Å²) in [7, 11) is 0.524. The molecule has 0 radical (unpaired) electrons. The van der Waals surface area contributed by atoms with Gasteiger partial charge in [-0.25, -0.2) is 8.42 Å². The van der Waals surface area contributed by atoms with Crippen LogP contribution < -0.4 is 5.73 Å². The molecule has 1 unspecified atom stereocenters. The quantitative estimate of drug-likeness (QED) is 0.764. The van der Waals surface area contributed by atoms with E-state index < -0.39 is 10.0 Å². The SMILES string of the molecule is CN(C)C1CCN(S(=O)(=O)c2cnn(CCN)c2)C1. The monoisotopic (exact) mass is 287 g/mol. The summed E-state index contributed by atoms with van der Waals surface area (Å²) in [5, 5.41) is 4.02. The molecular formula is C11H21N5O2S. The Morgan fingerprint density at radius 3 is 2.84 bits per heavy atom. The van der Waals surface area contributed by atoms with Crippen LogP contribution in [0.5, 0.6) is 0 Å². The van der Waals surface area contributed by atoms with Gasteiger partial charge in [-0.3, -0.25) is 4.68 Å². The highest BCUT2D eigenvalue weighted by Gasteiger charge is 2.34. The molecule has 1 atom stereocenters. The lowest BCUT2D eigenvalue weighted by atomic mass is 10.2. The molecule has 1 aromatic heterocycles. The predicted molar refractivity (Wildman–Crippen MR) is 72.1 cm³/mol. The second-order valence-electron chi connectivity index (χ2n) is 5.00. The predicted octanol–water partition coefficient (Wildman–Crippen LogP) is -0.834. The van der Waals surface area contributed by atoms with Gasteiger partial charge in [0.2, 0.25) is 10.0 Å². The number of aromatic nitrogens is 2. The minimum absolute atomic E-state index is 0.250. The summed E-state index contributed by atoms with van der Waals surface area (Å²) >= 11 is 0. The lowest BCUT2D eigenvalue weighted by molar-refractivity contribution is 0.302. The summed E-state index contributed by atoms with van der Waals surface area (Å²) in [6.07, 6.45) is 3.81. The first kappa shape index (κ1) is 14.4. The van der Waals surface area contributed by atoms with Crippen molar-refractivity contribution in [3.05, 3.63) is 12.4 Å². The van der Waals surface area contributed by atoms with Crippen molar-refractivity contribution in [2.24, 2.45) is 5.73 Å². The van der Waals surface area contributed by atoms with Crippen LogP contribution in [-0.2, 0) is 16.6 Å². The maximum atomic E-state index is 12.4. The molecule has 0 aliphatic carbocycles. The second-order valence-corrected chi connectivity index (χ2v) is 6.93. The number of likely N-dealkylation sites (N-methyl/N-ethyl adjacent to an activating group) is 1. The van der Waals surface area contributed by atoms with E-state index in [-0.39, 0.29) is 10.9 Å². The highest BCUT2D eigenvalue weighted by Crippen LogP contribution is 2.22. The normalized spacial score (nSPS) is 21.4. The van der Waals surface area contributed by atoms with Gasteiger partial charge in [-0.2, -0.15) is 9.40 Å². The second kappa shape index (κ2) is 5.58. The largest absolute Gasteiger partial charge is 0.329 e. The van der Waals surface area contributed by atoms with Gasteiger partial charge in [-0.05, 0) is 20.5 Å². The Morgan fingerprint density at radius 2 is 2.26 bits per heavy atom. The minimum Gasteiger partial charge on any atom is -0.329 e. The molecule has 0 amide bonds. The first-order chi connectivity index (χ1) is 8.95. The average Bonchev–Trinajstić information content (AvgIpc) is 2.98. The van der Waals surface area contributed by atoms with Crippen molar-refractivity contribution in [3.8, 4) is 0 Å². The standard InChI is InChI=1S/C11H21N5O2S/c1-14(2)10-3-5-16(8-10)19(17,18)11-7-13-15(9-11)6-4-12/h7,9-10H,3-6,8,12H2,1-2H3. The van der Waals surface area contributed by atoms with Crippen LogP contribution in [0.4, 0.5) is 0 Å². The van der Waals surface area contributed by atoms with Gasteiger partial charge in [-0.15, -0.1) is 0 Å². The Bertz CT molecular complexity index is 525. The fourth-order valence-electron chi connectivity index (χ4n) is 2.23. The molecular weight excluding hydrogens is 266 g/mol. The van der Waals surface area contributed by atoms with Gasteiger partial charge in [0, 0.05) is 31.9 Å². The molecule has 1 aliphatic heterocycles. The van der Waals surface area contributed by atoms with Gasteiger partial charge in [0.25, 0.3) is 0 Å². The molecule has 7 nitrogen and oxygen atoms in total. The van der Waals surface area contributed by atoms with Crippen LogP contribution in [0.2, 0.25) is 0 Å². The summed E-state index contributed by atoms with van der Waals surface area (Å²) in [5.41, 5.74) is 5.43. The molecule has 1 aromatic rings. The maximum absolute atomic E-state index is 12.4. The number of rotatable bonds is 5. The summed E-state index contributed by atoms with van der Waals surface area (Å²) in [6, 6.07) is 0.286. The van der Waals surface area contributed by atoms with E-state index in [1.807, 2.05) is 14.1 Å². The molecule has 0 aromatic carbocycles. The van der Waals surface area contributed by atoms with Crippen LogP contribution in [0.3, 0.4) is 0 Å². The summed E-state index contributed by atoms with van der Waals surface area (Å²) in [5.74, 6) is 0. The summed E-state index contributed by atoms with van der Waals surface area (Å²) < 4.78 is 28.0. The van der Waals surface area contributed by atoms with E-state index in [9.17, 15) is 8.42 Å². The molecule has 1 aliphatic rings. The summed E-state index contributed by atoms with van der Waals surface area (Å²) in [6.45, 7) is 2.06. The number of nitrogens with two attached hydrogens (primary N) is 1. The number of hydrogen-bond acceptors (Lipinski definition) is 5. The van der Waals surface area contributed by atoms with E-state index in [4.69, 9.17) is 5.73 Å². The molecule has 108 valence electrons. The van der Waals surface area contributed by atoms with Crippen LogP contribution in [0.25, 0.3) is 0 Å². The molecule has 0 bridgehead atoms. The first-order valence-corrected chi connectivity index (χ1v) is 7.78. The van der Waals surface area contributed by atoms with Crippen molar-refractivity contribution in [1.29, 1.82) is 0 Å². The Labute approximate surface area is 114 Å². The van der Waals surface area contributed by atoms with Gasteiger partial charge in [-0.1, -0.05) is 0 Å². The van der Waals surface area contributed by atoms with E-state index in [2.05, 4.69) is 10.00 Å². The molecule has 0 saturated carbocycles. The number of sulfonamides is 1. The van der Waals surface area contributed by atoms with Crippen molar-refractivity contribution >= 4 is 10.0 Å². The minimum atomic E-state index is -3.42. The van der Waals surface area contributed by atoms with Crippen molar-refractivity contribution in [3.63, 3.8) is 0 Å². The van der Waals surface area contributed by atoms with Crippen LogP contribution in [-0.4, -0.2) is 67.2 Å². The Morgan fingerprint density at radius 1 is 1.53 bits per heavy atom. The molecule has 1 saturated heterocycles. The van der Waals surface area contributed by atoms with Gasteiger partial charge < -0.3 is 10.6 Å². The third-order valence-corrected chi connectivity index (χ3v) is 5.28. The van der Waals surface area contributed by atoms with E-state index in [1.54, 1.807) is 10.9 Å². The van der Waals surface area contributed by atoms with Crippen molar-refractivity contribution in [2.75, 3.05) is 33.7 Å². The van der Waals surface area contributed by atoms with Crippen LogP contribution in [0.15, 0.2) is 17.3 Å². The van der Waals surface area contributed by atoms with Crippen molar-refractivity contribution in [1.82, 2.24) is 19.0 Å². The van der Waals surface area contributed by atoms with Crippen LogP contribution >= 0.6 is 0 Å². The van der Waals surface area contributed by atoms with Gasteiger partial charge in [0.1, 0.15) is 4.90 Å². The summed E-state index contributed by atoms with van der Waals surface area (Å²) in [4.78, 5) is 2.31. The van der Waals surface area contributed by atoms with Crippen LogP contribution in [0, 0.1) is 0 Å². The highest BCUT2D eigenvalue weighted by molar-refractivity contribution is 7.89. The fourth-order valence-corrected chi connectivity index (χ4v) is 3.68. The Kier molecular flexibility index (Phi) is 4.24. The van der Waals surface area contributed by atoms with Crippen molar-refractivity contribution < 1.29 is 8.42 Å². The van der Waals surface area contributed by atoms with Crippen molar-refractivity contribution in [2.45, 2.75) is 23.9 Å². The zero-order valence-electron chi connectivity index (χ0n) is 11.4. The lowest BCUT2D eigenvalue weighted by Crippen LogP contribution is -2.34. The molecule has 19 heavy (non-hydrogen) atoms. The Balaban J connectivity index is 2.14. The van der Waals surface area contributed by atoms with E-state index in [1.165, 1.54) is 10.5 Å². The lowest BCUT2D eigenvalue weighted by Gasteiger charge is -2.19. The Hall–Kier alpha value is -0.960. The molecule has 1 fully saturated rings. The average molecular weight is 287 g/mol. The topological polar surface area (TPSA) is 84.5 Å². The number of nitrogens with zero attached hydrogens (tertiary/aromatic N) is 4.